The molecule has 0 aliphatic carbocycles. The highest BCUT2D eigenvalue weighted by Crippen LogP contribution is 2.26. The predicted molar refractivity (Wildman–Crippen MR) is 90.5 cm³/mol. The molecule has 0 saturated heterocycles. The first-order chi connectivity index (χ1) is 11.1. The maximum absolute atomic E-state index is 12.1. The standard InChI is InChI=1S/C15H18N4O3S/c1-4-10-13(23-15(16)18-10)14(20)19-17-8-9-5-6-11(21-2)12(7-9)22-3/h5-8H,4H2,1-3H3,(H2,16,18)(H,19,20). The number of carbonyl (C=O) groups excluding carboxylic acids is 1. The molecule has 0 radical (unpaired) electrons. The number of nitrogens with zero attached hydrogens (tertiary/aromatic N) is 2. The van der Waals surface area contributed by atoms with Gasteiger partial charge in [-0.15, -0.1) is 0 Å². The molecule has 7 nitrogen and oxygen atoms in total. The molecule has 1 aromatic heterocycles. The number of nitrogen functional groups attached to an aromatic ring is 1. The number of anilines is 1. The number of aryl methyl sites for hydroxylation is 1. The number of carbonyl (C=O) groups is 1. The smallest absolute Gasteiger partial charge is 0.283 e. The van der Waals surface area contributed by atoms with Crippen LogP contribution in [0.3, 0.4) is 0 Å². The van der Waals surface area contributed by atoms with Gasteiger partial charge in [-0.25, -0.2) is 10.4 Å². The molecule has 23 heavy (non-hydrogen) atoms. The van der Waals surface area contributed by atoms with Gasteiger partial charge in [-0.05, 0) is 30.2 Å². The Morgan fingerprint density at radius 2 is 2.13 bits per heavy atom. The van der Waals surface area contributed by atoms with Crippen molar-refractivity contribution in [1.29, 1.82) is 0 Å². The molecule has 0 aliphatic rings. The Morgan fingerprint density at radius 1 is 1.39 bits per heavy atom. The molecule has 0 saturated carbocycles. The van der Waals surface area contributed by atoms with Gasteiger partial charge in [0.15, 0.2) is 16.6 Å². The number of rotatable bonds is 6. The number of ether oxygens (including phenoxy) is 2. The second kappa shape index (κ2) is 7.59. The fourth-order valence-electron chi connectivity index (χ4n) is 1.94. The zero-order chi connectivity index (χ0) is 16.8. The first-order valence-electron chi connectivity index (χ1n) is 6.89. The zero-order valence-corrected chi connectivity index (χ0v) is 13.9. The van der Waals surface area contributed by atoms with Crippen LogP contribution < -0.4 is 20.6 Å². The van der Waals surface area contributed by atoms with Crippen molar-refractivity contribution in [2.75, 3.05) is 20.0 Å². The van der Waals surface area contributed by atoms with Crippen molar-refractivity contribution in [3.63, 3.8) is 0 Å². The molecule has 0 atom stereocenters. The maximum atomic E-state index is 12.1. The molecule has 0 spiro atoms. The van der Waals surface area contributed by atoms with Gasteiger partial charge < -0.3 is 15.2 Å². The summed E-state index contributed by atoms with van der Waals surface area (Å²) in [6, 6.07) is 5.33. The van der Waals surface area contributed by atoms with Crippen LogP contribution >= 0.6 is 11.3 Å². The summed E-state index contributed by atoms with van der Waals surface area (Å²) in [4.78, 5) is 16.7. The summed E-state index contributed by atoms with van der Waals surface area (Å²) >= 11 is 1.15. The predicted octanol–water partition coefficient (Wildman–Crippen LogP) is 2.07. The Labute approximate surface area is 138 Å². The van der Waals surface area contributed by atoms with Crippen LogP contribution in [0, 0.1) is 0 Å². The molecule has 0 unspecified atom stereocenters. The third kappa shape index (κ3) is 3.98. The van der Waals surface area contributed by atoms with Gasteiger partial charge in [0.05, 0.1) is 26.1 Å². The fourth-order valence-corrected chi connectivity index (χ4v) is 2.75. The Morgan fingerprint density at radius 3 is 2.78 bits per heavy atom. The first kappa shape index (κ1) is 16.8. The number of amides is 1. The third-order valence-corrected chi connectivity index (χ3v) is 3.97. The molecular formula is C15H18N4O3S. The van der Waals surface area contributed by atoms with Crippen molar-refractivity contribution in [2.24, 2.45) is 5.10 Å². The molecule has 0 bridgehead atoms. The van der Waals surface area contributed by atoms with Crippen LogP contribution in [0.15, 0.2) is 23.3 Å². The number of nitrogens with one attached hydrogen (secondary N) is 1. The van der Waals surface area contributed by atoms with E-state index in [0.717, 1.165) is 16.9 Å². The minimum Gasteiger partial charge on any atom is -0.493 e. The van der Waals surface area contributed by atoms with E-state index < -0.39 is 0 Å². The van der Waals surface area contributed by atoms with E-state index in [1.165, 1.54) is 6.21 Å². The summed E-state index contributed by atoms with van der Waals surface area (Å²) in [5.41, 5.74) is 9.55. The SMILES string of the molecule is CCc1nc(N)sc1C(=O)NN=Cc1ccc(OC)c(OC)c1. The lowest BCUT2D eigenvalue weighted by Gasteiger charge is -2.07. The summed E-state index contributed by atoms with van der Waals surface area (Å²) in [6.07, 6.45) is 2.16. The topological polar surface area (TPSA) is 98.8 Å². The second-order valence-electron chi connectivity index (χ2n) is 4.50. The summed E-state index contributed by atoms with van der Waals surface area (Å²) in [5, 5.41) is 4.32. The van der Waals surface area contributed by atoms with E-state index in [1.54, 1.807) is 32.4 Å². The molecule has 3 N–H and O–H groups in total. The first-order valence-corrected chi connectivity index (χ1v) is 7.71. The summed E-state index contributed by atoms with van der Waals surface area (Å²) < 4.78 is 10.4. The van der Waals surface area contributed by atoms with Gasteiger partial charge in [0, 0.05) is 0 Å². The van der Waals surface area contributed by atoms with Gasteiger partial charge in [-0.1, -0.05) is 18.3 Å². The summed E-state index contributed by atoms with van der Waals surface area (Å²) in [5.74, 6) is 0.889. The van der Waals surface area contributed by atoms with E-state index in [1.807, 2.05) is 6.92 Å². The van der Waals surface area contributed by atoms with E-state index >= 15 is 0 Å². The van der Waals surface area contributed by atoms with E-state index in [4.69, 9.17) is 15.2 Å². The number of hydrogen-bond donors (Lipinski definition) is 2. The highest BCUT2D eigenvalue weighted by atomic mass is 32.1. The minimum atomic E-state index is -0.326. The lowest BCUT2D eigenvalue weighted by atomic mass is 10.2. The van der Waals surface area contributed by atoms with Crippen molar-refractivity contribution >= 4 is 28.6 Å². The molecule has 0 aliphatic heterocycles. The van der Waals surface area contributed by atoms with Gasteiger partial charge in [0.25, 0.3) is 5.91 Å². The second-order valence-corrected chi connectivity index (χ2v) is 5.53. The average molecular weight is 334 g/mol. The number of hydrogen-bond acceptors (Lipinski definition) is 7. The zero-order valence-electron chi connectivity index (χ0n) is 13.1. The molecule has 1 heterocycles. The highest BCUT2D eigenvalue weighted by molar-refractivity contribution is 7.17. The molecule has 122 valence electrons. The van der Waals surface area contributed by atoms with Gasteiger partial charge in [-0.2, -0.15) is 5.10 Å². The van der Waals surface area contributed by atoms with Crippen molar-refractivity contribution in [2.45, 2.75) is 13.3 Å². The molecule has 0 fully saturated rings. The quantitative estimate of drug-likeness (QED) is 0.622. The van der Waals surface area contributed by atoms with Crippen LogP contribution in [0.1, 0.15) is 27.9 Å². The Bertz CT molecular complexity index is 728. The summed E-state index contributed by atoms with van der Waals surface area (Å²) in [7, 11) is 3.12. The highest BCUT2D eigenvalue weighted by Gasteiger charge is 2.15. The largest absolute Gasteiger partial charge is 0.493 e. The normalized spacial score (nSPS) is 10.7. The number of methoxy groups -OCH3 is 2. The number of benzene rings is 1. The molecule has 8 heteroatoms. The van der Waals surface area contributed by atoms with Crippen molar-refractivity contribution in [3.05, 3.63) is 34.3 Å². The van der Waals surface area contributed by atoms with Gasteiger partial charge in [0.2, 0.25) is 0 Å². The van der Waals surface area contributed by atoms with Crippen LogP contribution in [0.25, 0.3) is 0 Å². The van der Waals surface area contributed by atoms with Crippen LogP contribution in [0.2, 0.25) is 0 Å². The van der Waals surface area contributed by atoms with Crippen LogP contribution in [-0.4, -0.2) is 31.3 Å². The van der Waals surface area contributed by atoms with E-state index in [-0.39, 0.29) is 5.91 Å². The maximum Gasteiger partial charge on any atom is 0.283 e. The van der Waals surface area contributed by atoms with Crippen LogP contribution in [0.4, 0.5) is 5.13 Å². The minimum absolute atomic E-state index is 0.326. The van der Waals surface area contributed by atoms with Crippen molar-refractivity contribution in [3.8, 4) is 11.5 Å². The molecule has 2 aromatic rings. The Balaban J connectivity index is 2.08. The molecule has 2 rings (SSSR count). The van der Waals surface area contributed by atoms with E-state index in [2.05, 4.69) is 15.5 Å². The lowest BCUT2D eigenvalue weighted by Crippen LogP contribution is -2.17. The molecule has 1 amide bonds. The molecular weight excluding hydrogens is 316 g/mol. The number of aromatic nitrogens is 1. The number of thiazole rings is 1. The Hall–Kier alpha value is -2.61. The third-order valence-electron chi connectivity index (χ3n) is 3.04. The molecule has 1 aromatic carbocycles. The van der Waals surface area contributed by atoms with E-state index in [0.29, 0.717) is 33.6 Å². The Kier molecular flexibility index (Phi) is 5.53. The van der Waals surface area contributed by atoms with E-state index in [9.17, 15) is 4.79 Å². The summed E-state index contributed by atoms with van der Waals surface area (Å²) in [6.45, 7) is 1.91. The van der Waals surface area contributed by atoms with Gasteiger partial charge in [0.1, 0.15) is 4.88 Å². The number of nitrogens with two attached hydrogens (primary N) is 1. The fraction of sp³-hybridized carbons (Fsp3) is 0.267. The number of hydrazone groups is 1. The lowest BCUT2D eigenvalue weighted by molar-refractivity contribution is 0.0958. The van der Waals surface area contributed by atoms with Crippen LogP contribution in [-0.2, 0) is 6.42 Å². The van der Waals surface area contributed by atoms with Crippen molar-refractivity contribution < 1.29 is 14.3 Å². The van der Waals surface area contributed by atoms with Gasteiger partial charge >= 0.3 is 0 Å². The monoisotopic (exact) mass is 334 g/mol. The van der Waals surface area contributed by atoms with Crippen molar-refractivity contribution in [1.82, 2.24) is 10.4 Å². The van der Waals surface area contributed by atoms with Gasteiger partial charge in [-0.3, -0.25) is 4.79 Å². The van der Waals surface area contributed by atoms with Crippen LogP contribution in [0.5, 0.6) is 11.5 Å². The average Bonchev–Trinajstić information content (AvgIpc) is 2.95.